The van der Waals surface area contributed by atoms with Crippen molar-refractivity contribution in [3.8, 4) is 5.75 Å². The van der Waals surface area contributed by atoms with Gasteiger partial charge in [-0.2, -0.15) is 0 Å². The number of halogens is 1. The average molecular weight is 392 g/mol. The third-order valence-electron chi connectivity index (χ3n) is 4.46. The monoisotopic (exact) mass is 392 g/mol. The van der Waals surface area contributed by atoms with Crippen LogP contribution in [0.4, 0.5) is 10.1 Å². The van der Waals surface area contributed by atoms with E-state index < -0.39 is 22.0 Å². The van der Waals surface area contributed by atoms with Crippen LogP contribution >= 0.6 is 0 Å². The molecular formula is C19H21FN2O4S. The van der Waals surface area contributed by atoms with E-state index in [1.807, 2.05) is 0 Å². The smallest absolute Gasteiger partial charge is 0.263 e. The molecule has 8 heteroatoms. The molecule has 0 radical (unpaired) electrons. The highest BCUT2D eigenvalue weighted by Crippen LogP contribution is 2.35. The van der Waals surface area contributed by atoms with Gasteiger partial charge < -0.3 is 10.1 Å². The van der Waals surface area contributed by atoms with Crippen LogP contribution in [0, 0.1) is 5.82 Å². The number of sulfonamides is 1. The number of ether oxygens (including phenoxy) is 1. The molecule has 1 aliphatic rings. The van der Waals surface area contributed by atoms with Crippen LogP contribution in [-0.4, -0.2) is 32.7 Å². The van der Waals surface area contributed by atoms with E-state index in [0.29, 0.717) is 11.4 Å². The first-order valence-corrected chi connectivity index (χ1v) is 10.2. The maximum absolute atomic E-state index is 13.1. The van der Waals surface area contributed by atoms with E-state index in [4.69, 9.17) is 4.74 Å². The van der Waals surface area contributed by atoms with Gasteiger partial charge in [0.2, 0.25) is 10.0 Å². The third-order valence-corrected chi connectivity index (χ3v) is 6.20. The highest BCUT2D eigenvalue weighted by molar-refractivity contribution is 7.92. The lowest BCUT2D eigenvalue weighted by Gasteiger charge is -2.35. The fourth-order valence-electron chi connectivity index (χ4n) is 2.90. The van der Waals surface area contributed by atoms with E-state index in [1.54, 1.807) is 50.2 Å². The number of anilines is 1. The lowest BCUT2D eigenvalue weighted by Crippen LogP contribution is -2.51. The summed E-state index contributed by atoms with van der Waals surface area (Å²) in [7, 11) is -3.55. The maximum Gasteiger partial charge on any atom is 0.263 e. The number of hydrogen-bond acceptors (Lipinski definition) is 4. The topological polar surface area (TPSA) is 75.7 Å². The van der Waals surface area contributed by atoms with Crippen molar-refractivity contribution in [2.45, 2.75) is 26.0 Å². The number of fused-ring (bicyclic) bond motifs is 1. The minimum Gasteiger partial charge on any atom is -0.476 e. The second kappa shape index (κ2) is 7.56. The molecule has 0 unspecified atom stereocenters. The summed E-state index contributed by atoms with van der Waals surface area (Å²) in [6, 6.07) is 12.2. The Balaban J connectivity index is 1.80. The predicted molar refractivity (Wildman–Crippen MR) is 101 cm³/mol. The highest BCUT2D eigenvalue weighted by Gasteiger charge is 2.36. The number of hydrogen-bond donors (Lipinski definition) is 1. The summed E-state index contributed by atoms with van der Waals surface area (Å²) >= 11 is 0. The molecule has 0 aliphatic carbocycles. The molecule has 0 saturated carbocycles. The van der Waals surface area contributed by atoms with Gasteiger partial charge >= 0.3 is 0 Å². The molecule has 1 N–H and O–H groups in total. The van der Waals surface area contributed by atoms with Crippen LogP contribution in [0.25, 0.3) is 0 Å². The Morgan fingerprint density at radius 2 is 1.93 bits per heavy atom. The second-order valence-corrected chi connectivity index (χ2v) is 8.47. The van der Waals surface area contributed by atoms with Gasteiger partial charge in [0, 0.05) is 0 Å². The second-order valence-electron chi connectivity index (χ2n) is 6.29. The number of carbonyl (C=O) groups is 1. The number of benzene rings is 2. The molecule has 2 atom stereocenters. The Morgan fingerprint density at radius 1 is 1.26 bits per heavy atom. The molecule has 1 aliphatic heterocycles. The van der Waals surface area contributed by atoms with Crippen LogP contribution in [0.1, 0.15) is 25.5 Å². The molecule has 3 rings (SSSR count). The summed E-state index contributed by atoms with van der Waals surface area (Å²) in [5.74, 6) is -0.528. The van der Waals surface area contributed by atoms with Gasteiger partial charge in [-0.15, -0.1) is 0 Å². The summed E-state index contributed by atoms with van der Waals surface area (Å²) in [4.78, 5) is 12.7. The number of carbonyl (C=O) groups excluding carboxylic acids is 1. The van der Waals surface area contributed by atoms with Gasteiger partial charge in [0.05, 0.1) is 24.0 Å². The van der Waals surface area contributed by atoms with Gasteiger partial charge in [-0.3, -0.25) is 9.10 Å². The number of nitrogens with one attached hydrogen (secondary N) is 1. The normalized spacial score (nSPS) is 17.6. The van der Waals surface area contributed by atoms with Crippen LogP contribution in [0.2, 0.25) is 0 Å². The first-order valence-electron chi connectivity index (χ1n) is 8.63. The Morgan fingerprint density at radius 3 is 2.59 bits per heavy atom. The van der Waals surface area contributed by atoms with E-state index >= 15 is 0 Å². The molecule has 0 bridgehead atoms. The lowest BCUT2D eigenvalue weighted by atomic mass is 10.1. The minimum atomic E-state index is -3.55. The zero-order valence-corrected chi connectivity index (χ0v) is 15.9. The molecule has 2 aromatic rings. The highest BCUT2D eigenvalue weighted by atomic mass is 32.2. The zero-order valence-electron chi connectivity index (χ0n) is 15.1. The van der Waals surface area contributed by atoms with Gasteiger partial charge in [-0.1, -0.05) is 24.3 Å². The predicted octanol–water partition coefficient (Wildman–Crippen LogP) is 2.62. The Kier molecular flexibility index (Phi) is 5.36. The summed E-state index contributed by atoms with van der Waals surface area (Å²) in [5.41, 5.74) is 1.16. The average Bonchev–Trinajstić information content (AvgIpc) is 2.67. The molecular weight excluding hydrogens is 371 g/mol. The Bertz CT molecular complexity index is 931. The quantitative estimate of drug-likeness (QED) is 0.849. The molecule has 1 amide bonds. The van der Waals surface area contributed by atoms with Gasteiger partial charge in [0.1, 0.15) is 11.6 Å². The molecule has 0 fully saturated rings. The van der Waals surface area contributed by atoms with Crippen molar-refractivity contribution >= 4 is 21.6 Å². The molecule has 0 spiro atoms. The summed E-state index contributed by atoms with van der Waals surface area (Å²) in [6.07, 6.45) is -0.982. The van der Waals surface area contributed by atoms with Crippen LogP contribution < -0.4 is 14.4 Å². The van der Waals surface area contributed by atoms with Crippen LogP contribution in [0.15, 0.2) is 48.5 Å². The van der Waals surface area contributed by atoms with Crippen molar-refractivity contribution in [3.05, 3.63) is 59.9 Å². The first-order chi connectivity index (χ1) is 12.8. The van der Waals surface area contributed by atoms with Gasteiger partial charge in [0.25, 0.3) is 5.91 Å². The van der Waals surface area contributed by atoms with E-state index in [2.05, 4.69) is 5.32 Å². The first kappa shape index (κ1) is 19.2. The number of rotatable bonds is 5. The number of nitrogens with zero attached hydrogens (tertiary/aromatic N) is 1. The van der Waals surface area contributed by atoms with E-state index in [-0.39, 0.29) is 24.2 Å². The van der Waals surface area contributed by atoms with Gasteiger partial charge in [-0.05, 0) is 43.7 Å². The van der Waals surface area contributed by atoms with E-state index in [1.165, 1.54) is 16.4 Å². The van der Waals surface area contributed by atoms with Crippen LogP contribution in [0.5, 0.6) is 5.75 Å². The number of amides is 1. The molecule has 2 aromatic carbocycles. The van der Waals surface area contributed by atoms with Crippen molar-refractivity contribution in [1.29, 1.82) is 0 Å². The fourth-order valence-corrected chi connectivity index (χ4v) is 4.02. The van der Waals surface area contributed by atoms with Crippen molar-refractivity contribution in [2.75, 3.05) is 16.6 Å². The van der Waals surface area contributed by atoms with Crippen LogP contribution in [0.3, 0.4) is 0 Å². The fraction of sp³-hybridized carbons (Fsp3) is 0.316. The van der Waals surface area contributed by atoms with Crippen molar-refractivity contribution in [2.24, 2.45) is 0 Å². The van der Waals surface area contributed by atoms with Crippen molar-refractivity contribution in [1.82, 2.24) is 5.32 Å². The Hall–Kier alpha value is -2.61. The molecule has 27 heavy (non-hydrogen) atoms. The van der Waals surface area contributed by atoms with E-state index in [9.17, 15) is 17.6 Å². The van der Waals surface area contributed by atoms with E-state index in [0.717, 1.165) is 5.56 Å². The lowest BCUT2D eigenvalue weighted by molar-refractivity contribution is -0.128. The zero-order chi connectivity index (χ0) is 19.6. The summed E-state index contributed by atoms with van der Waals surface area (Å²) in [6.45, 7) is 3.22. The minimum absolute atomic E-state index is 0.0817. The maximum atomic E-state index is 13.1. The summed E-state index contributed by atoms with van der Waals surface area (Å²) in [5, 5.41) is 2.80. The largest absolute Gasteiger partial charge is 0.476 e. The molecule has 1 heterocycles. The third kappa shape index (κ3) is 4.05. The SMILES string of the molecule is CCS(=O)(=O)N1C[C@H](C(=O)N[C@H](C)c2ccc(F)cc2)Oc2ccccc21. The molecule has 0 aromatic heterocycles. The van der Waals surface area contributed by atoms with Crippen molar-refractivity contribution in [3.63, 3.8) is 0 Å². The molecule has 0 saturated heterocycles. The van der Waals surface area contributed by atoms with Crippen molar-refractivity contribution < 1.29 is 22.3 Å². The molecule has 6 nitrogen and oxygen atoms in total. The van der Waals surface area contributed by atoms with Crippen LogP contribution in [-0.2, 0) is 14.8 Å². The van der Waals surface area contributed by atoms with Gasteiger partial charge in [0.15, 0.2) is 6.10 Å². The van der Waals surface area contributed by atoms with Gasteiger partial charge in [-0.25, -0.2) is 12.8 Å². The number of para-hydroxylation sites is 2. The summed E-state index contributed by atoms with van der Waals surface area (Å²) < 4.78 is 45.0. The Labute approximate surface area is 158 Å². The molecule has 144 valence electrons. The standard InChI is InChI=1S/C19H21FN2O4S/c1-3-27(24,25)22-12-18(26-17-7-5-4-6-16(17)22)19(23)21-13(2)14-8-10-15(20)11-9-14/h4-11,13,18H,3,12H2,1-2H3,(H,21,23)/t13-,18-/m1/s1.